The van der Waals surface area contributed by atoms with Gasteiger partial charge in [0.15, 0.2) is 0 Å². The summed E-state index contributed by atoms with van der Waals surface area (Å²) < 4.78 is 5.62. The van der Waals surface area contributed by atoms with Crippen LogP contribution in [0.2, 0.25) is 0 Å². The lowest BCUT2D eigenvalue weighted by molar-refractivity contribution is 0.0607. The van der Waals surface area contributed by atoms with Crippen molar-refractivity contribution in [3.63, 3.8) is 0 Å². The Morgan fingerprint density at radius 1 is 1.29 bits per heavy atom. The Kier molecular flexibility index (Phi) is 5.62. The van der Waals surface area contributed by atoms with Crippen LogP contribution >= 0.6 is 0 Å². The first-order valence-corrected chi connectivity index (χ1v) is 8.03. The molecule has 0 amide bonds. The summed E-state index contributed by atoms with van der Waals surface area (Å²) in [6.45, 7) is 9.53. The zero-order valence-electron chi connectivity index (χ0n) is 13.6. The third-order valence-electron chi connectivity index (χ3n) is 4.55. The molecular formula is C17H29N3O. The molecule has 4 nitrogen and oxygen atoms in total. The molecule has 0 spiro atoms. The number of nitrogens with zero attached hydrogens (tertiary/aromatic N) is 1. The molecule has 3 N–H and O–H groups in total. The fourth-order valence-electron chi connectivity index (χ4n) is 3.31. The van der Waals surface area contributed by atoms with E-state index in [1.54, 1.807) is 0 Å². The van der Waals surface area contributed by atoms with Gasteiger partial charge < -0.3 is 4.74 Å². The number of nitrogens with one attached hydrogen (secondary N) is 1. The van der Waals surface area contributed by atoms with Gasteiger partial charge in [0.05, 0.1) is 12.6 Å². The highest BCUT2D eigenvalue weighted by atomic mass is 16.5. The Bertz CT molecular complexity index is 441. The molecule has 21 heavy (non-hydrogen) atoms. The van der Waals surface area contributed by atoms with E-state index >= 15 is 0 Å². The molecule has 1 aromatic rings. The van der Waals surface area contributed by atoms with E-state index in [9.17, 15) is 0 Å². The number of rotatable bonds is 6. The first kappa shape index (κ1) is 16.3. The number of nitrogens with two attached hydrogens (primary N) is 1. The average molecular weight is 291 g/mol. The van der Waals surface area contributed by atoms with E-state index in [-0.39, 0.29) is 11.6 Å². The number of likely N-dealkylation sites (tertiary alicyclic amines) is 1. The monoisotopic (exact) mass is 291 g/mol. The van der Waals surface area contributed by atoms with Crippen molar-refractivity contribution in [1.82, 2.24) is 10.3 Å². The zero-order chi connectivity index (χ0) is 15.3. The summed E-state index contributed by atoms with van der Waals surface area (Å²) in [6.07, 6.45) is 3.90. The van der Waals surface area contributed by atoms with Crippen LogP contribution in [0.5, 0.6) is 5.75 Å². The molecule has 1 saturated heterocycles. The van der Waals surface area contributed by atoms with Gasteiger partial charge in [0.1, 0.15) is 5.75 Å². The minimum Gasteiger partial charge on any atom is -0.494 e. The van der Waals surface area contributed by atoms with Gasteiger partial charge in [-0.1, -0.05) is 18.6 Å². The maximum absolute atomic E-state index is 5.90. The molecule has 0 aromatic heterocycles. The Morgan fingerprint density at radius 3 is 2.62 bits per heavy atom. The van der Waals surface area contributed by atoms with Crippen molar-refractivity contribution in [3.8, 4) is 5.75 Å². The lowest BCUT2D eigenvalue weighted by Crippen LogP contribution is -2.55. The van der Waals surface area contributed by atoms with E-state index < -0.39 is 0 Å². The van der Waals surface area contributed by atoms with Crippen molar-refractivity contribution in [3.05, 3.63) is 29.8 Å². The highest BCUT2D eigenvalue weighted by Gasteiger charge is 2.36. The molecule has 1 aliphatic rings. The molecule has 118 valence electrons. The van der Waals surface area contributed by atoms with Crippen LogP contribution in [0.25, 0.3) is 0 Å². The summed E-state index contributed by atoms with van der Waals surface area (Å²) in [5, 5.41) is 0. The SMILES string of the molecule is CCOc1cccc(C(NN)C(C)(C)N2CCCCC2)c1. The molecule has 0 radical (unpaired) electrons. The molecule has 0 saturated carbocycles. The molecule has 1 heterocycles. The van der Waals surface area contributed by atoms with Gasteiger partial charge in [-0.15, -0.1) is 0 Å². The van der Waals surface area contributed by atoms with E-state index in [0.717, 1.165) is 18.8 Å². The zero-order valence-corrected chi connectivity index (χ0v) is 13.6. The van der Waals surface area contributed by atoms with Gasteiger partial charge in [-0.25, -0.2) is 0 Å². The second-order valence-corrected chi connectivity index (χ2v) is 6.31. The van der Waals surface area contributed by atoms with Crippen LogP contribution in [0, 0.1) is 0 Å². The number of benzene rings is 1. The Morgan fingerprint density at radius 2 is 2.00 bits per heavy atom. The van der Waals surface area contributed by atoms with Gasteiger partial charge in [0, 0.05) is 5.54 Å². The van der Waals surface area contributed by atoms with Gasteiger partial charge in [0.2, 0.25) is 0 Å². The summed E-state index contributed by atoms with van der Waals surface area (Å²) in [4.78, 5) is 2.55. The van der Waals surface area contributed by atoms with Crippen LogP contribution < -0.4 is 16.0 Å². The lowest BCUT2D eigenvalue weighted by Gasteiger charge is -2.46. The predicted octanol–water partition coefficient (Wildman–Crippen LogP) is 2.85. The van der Waals surface area contributed by atoms with Crippen molar-refractivity contribution in [2.75, 3.05) is 19.7 Å². The number of ether oxygens (including phenoxy) is 1. The van der Waals surface area contributed by atoms with Crippen LogP contribution in [-0.2, 0) is 0 Å². The summed E-state index contributed by atoms with van der Waals surface area (Å²) >= 11 is 0. The molecule has 1 fully saturated rings. The molecule has 1 aliphatic heterocycles. The Hall–Kier alpha value is -1.10. The van der Waals surface area contributed by atoms with Gasteiger partial charge in [0.25, 0.3) is 0 Å². The molecule has 1 aromatic carbocycles. The third kappa shape index (κ3) is 3.76. The van der Waals surface area contributed by atoms with Crippen molar-refractivity contribution >= 4 is 0 Å². The first-order valence-electron chi connectivity index (χ1n) is 8.03. The number of hydrazine groups is 1. The van der Waals surface area contributed by atoms with Crippen LogP contribution in [0.3, 0.4) is 0 Å². The third-order valence-corrected chi connectivity index (χ3v) is 4.55. The first-order chi connectivity index (χ1) is 10.1. The number of hydrogen-bond donors (Lipinski definition) is 2. The molecule has 2 rings (SSSR count). The van der Waals surface area contributed by atoms with Crippen LogP contribution in [-0.4, -0.2) is 30.1 Å². The van der Waals surface area contributed by atoms with Crippen molar-refractivity contribution in [2.24, 2.45) is 5.84 Å². The summed E-state index contributed by atoms with van der Waals surface area (Å²) in [6, 6.07) is 8.33. The van der Waals surface area contributed by atoms with Crippen molar-refractivity contribution in [1.29, 1.82) is 0 Å². The van der Waals surface area contributed by atoms with E-state index in [1.807, 2.05) is 19.1 Å². The van der Waals surface area contributed by atoms with Gasteiger partial charge in [-0.3, -0.25) is 16.2 Å². The minimum atomic E-state index is -0.0278. The maximum Gasteiger partial charge on any atom is 0.119 e. The molecule has 0 bridgehead atoms. The van der Waals surface area contributed by atoms with Gasteiger partial charge in [-0.05, 0) is 64.4 Å². The largest absolute Gasteiger partial charge is 0.494 e. The fraction of sp³-hybridized carbons (Fsp3) is 0.647. The molecule has 4 heteroatoms. The molecule has 1 unspecified atom stereocenters. The molecular weight excluding hydrogens is 262 g/mol. The van der Waals surface area contributed by atoms with Gasteiger partial charge >= 0.3 is 0 Å². The van der Waals surface area contributed by atoms with E-state index in [1.165, 1.54) is 24.8 Å². The topological polar surface area (TPSA) is 50.5 Å². The van der Waals surface area contributed by atoms with E-state index in [0.29, 0.717) is 6.61 Å². The van der Waals surface area contributed by atoms with Crippen molar-refractivity contribution < 1.29 is 4.74 Å². The lowest BCUT2D eigenvalue weighted by atomic mass is 9.86. The number of piperidine rings is 1. The molecule has 1 atom stereocenters. The minimum absolute atomic E-state index is 0.0278. The second-order valence-electron chi connectivity index (χ2n) is 6.31. The Labute approximate surface area is 128 Å². The fourth-order valence-corrected chi connectivity index (χ4v) is 3.31. The quantitative estimate of drug-likeness (QED) is 0.625. The average Bonchev–Trinajstić information content (AvgIpc) is 2.49. The van der Waals surface area contributed by atoms with Crippen LogP contribution in [0.15, 0.2) is 24.3 Å². The summed E-state index contributed by atoms with van der Waals surface area (Å²) in [5.74, 6) is 6.81. The smallest absolute Gasteiger partial charge is 0.119 e. The maximum atomic E-state index is 5.90. The van der Waals surface area contributed by atoms with Crippen LogP contribution in [0.4, 0.5) is 0 Å². The normalized spacial score (nSPS) is 18.5. The number of hydrogen-bond acceptors (Lipinski definition) is 4. The van der Waals surface area contributed by atoms with Crippen LogP contribution in [0.1, 0.15) is 51.6 Å². The molecule has 0 aliphatic carbocycles. The highest BCUT2D eigenvalue weighted by Crippen LogP contribution is 2.33. The second kappa shape index (κ2) is 7.25. The Balaban J connectivity index is 2.22. The van der Waals surface area contributed by atoms with E-state index in [4.69, 9.17) is 10.6 Å². The highest BCUT2D eigenvalue weighted by molar-refractivity contribution is 5.32. The standard InChI is InChI=1S/C17H29N3O/c1-4-21-15-10-8-9-14(13-15)16(19-18)17(2,3)20-11-6-5-7-12-20/h8-10,13,16,19H,4-7,11-12,18H2,1-3H3. The summed E-state index contributed by atoms with van der Waals surface area (Å²) in [5.41, 5.74) is 4.18. The van der Waals surface area contributed by atoms with E-state index in [2.05, 4.69) is 36.3 Å². The predicted molar refractivity (Wildman–Crippen MR) is 87.2 cm³/mol. The van der Waals surface area contributed by atoms with Crippen molar-refractivity contribution in [2.45, 2.75) is 51.6 Å². The van der Waals surface area contributed by atoms with Gasteiger partial charge in [-0.2, -0.15) is 0 Å². The summed E-state index contributed by atoms with van der Waals surface area (Å²) in [7, 11) is 0.